The fourth-order valence-electron chi connectivity index (χ4n) is 5.79. The van der Waals surface area contributed by atoms with E-state index in [4.69, 9.17) is 17.3 Å². The second-order valence-corrected chi connectivity index (χ2v) is 10.1. The number of rotatable bonds is 6. The van der Waals surface area contributed by atoms with Crippen molar-refractivity contribution in [2.45, 2.75) is 37.5 Å². The second kappa shape index (κ2) is 9.35. The summed E-state index contributed by atoms with van der Waals surface area (Å²) < 4.78 is 25.1. The number of benzene rings is 1. The molecule has 0 spiro atoms. The Kier molecular flexibility index (Phi) is 6.82. The van der Waals surface area contributed by atoms with Gasteiger partial charge in [0, 0.05) is 23.1 Å². The number of hydrogen-bond acceptors (Lipinski definition) is 9. The minimum Gasteiger partial charge on any atom is -0.508 e. The highest BCUT2D eigenvalue weighted by Crippen LogP contribution is 2.53. The second-order valence-electron chi connectivity index (χ2n) is 9.71. The summed E-state index contributed by atoms with van der Waals surface area (Å²) in [6, 6.07) is -0.0305. The summed E-state index contributed by atoms with van der Waals surface area (Å²) >= 11 is 6.52. The molecule has 0 unspecified atom stereocenters. The third-order valence-electron chi connectivity index (χ3n) is 7.34. The molecule has 3 aliphatic carbocycles. The number of hydrogen-bond donors (Lipinski definition) is 6. The first-order chi connectivity index (χ1) is 17.2. The van der Waals surface area contributed by atoms with Gasteiger partial charge in [0.15, 0.2) is 11.4 Å². The number of amides is 1. The van der Waals surface area contributed by atoms with Gasteiger partial charge in [0.1, 0.15) is 22.8 Å². The fourth-order valence-corrected chi connectivity index (χ4v) is 6.08. The van der Waals surface area contributed by atoms with Gasteiger partial charge < -0.3 is 31.5 Å². The van der Waals surface area contributed by atoms with Crippen LogP contribution < -0.4 is 11.1 Å². The van der Waals surface area contributed by atoms with Crippen LogP contribution in [0.4, 0.5) is 8.78 Å². The minimum absolute atomic E-state index is 0.00359. The first kappa shape index (κ1) is 27.0. The summed E-state index contributed by atoms with van der Waals surface area (Å²) in [7, 11) is 3.00. The average molecular weight is 542 g/mol. The molecule has 0 aromatic heterocycles. The van der Waals surface area contributed by atoms with Crippen molar-refractivity contribution in [1.29, 1.82) is 0 Å². The van der Waals surface area contributed by atoms with Crippen molar-refractivity contribution in [1.82, 2.24) is 10.2 Å². The number of nitrogens with zero attached hydrogens (tertiary/aromatic N) is 1. The molecule has 1 fully saturated rings. The molecule has 13 heteroatoms. The summed E-state index contributed by atoms with van der Waals surface area (Å²) in [6.07, 6.45) is -2.68. The van der Waals surface area contributed by atoms with Crippen LogP contribution >= 0.6 is 11.6 Å². The molecule has 1 amide bonds. The van der Waals surface area contributed by atoms with Crippen LogP contribution in [0.5, 0.6) is 5.75 Å². The zero-order chi connectivity index (χ0) is 27.6. The number of aliphatic hydroxyl groups is 3. The molecule has 0 bridgehead atoms. The molecule has 0 saturated heterocycles. The van der Waals surface area contributed by atoms with Gasteiger partial charge in [-0.1, -0.05) is 11.6 Å². The zero-order valence-electron chi connectivity index (χ0n) is 19.9. The maximum absolute atomic E-state index is 13.7. The van der Waals surface area contributed by atoms with Gasteiger partial charge in [-0.2, -0.15) is 0 Å². The standard InChI is InChI=1S/C24H26ClF2N3O7/c1-30(2)18-11-4-8-3-10-15(12(31)5-9(17(10)25)6-29-7-13(26)27)19(32)14(8)21(34)24(11,37)22(35)16(20(18)33)23(28)36/h5,8,11,13,18,29,31-32,35,37H,3-4,6-7H2,1-2H3,(H2,28,36)/t8-,11-,18-,24-/m0/s1. The number of aliphatic hydroxyl groups excluding tert-OH is 2. The first-order valence-electron chi connectivity index (χ1n) is 11.4. The van der Waals surface area contributed by atoms with Crippen LogP contribution in [0.1, 0.15) is 23.1 Å². The number of nitrogens with one attached hydrogen (secondary N) is 1. The number of Topliss-reactive ketones (excluding diaryl/α,β-unsaturated/α-hetero) is 2. The third kappa shape index (κ3) is 3.99. The molecule has 37 heavy (non-hydrogen) atoms. The number of carbonyl (C=O) groups excluding carboxylic acids is 3. The van der Waals surface area contributed by atoms with Gasteiger partial charge in [0.25, 0.3) is 12.3 Å². The molecule has 1 aromatic rings. The van der Waals surface area contributed by atoms with E-state index in [0.717, 1.165) is 0 Å². The normalized spacial score (nSPS) is 27.5. The van der Waals surface area contributed by atoms with Crippen molar-refractivity contribution in [2.24, 2.45) is 17.6 Å². The molecule has 0 radical (unpaired) electrons. The lowest BCUT2D eigenvalue weighted by molar-refractivity contribution is -0.153. The lowest BCUT2D eigenvalue weighted by Crippen LogP contribution is -2.65. The molecular formula is C24H26ClF2N3O7. The van der Waals surface area contributed by atoms with Crippen LogP contribution in [0, 0.1) is 11.8 Å². The van der Waals surface area contributed by atoms with Crippen molar-refractivity contribution in [3.63, 3.8) is 0 Å². The number of primary amides is 1. The predicted molar refractivity (Wildman–Crippen MR) is 127 cm³/mol. The molecule has 4 atom stereocenters. The molecule has 10 nitrogen and oxygen atoms in total. The van der Waals surface area contributed by atoms with E-state index in [0.29, 0.717) is 5.56 Å². The SMILES string of the molecule is CN(C)[C@@H]1C(=O)C(C(N)=O)=C(O)[C@@]2(O)C(=O)C3=C(O)c4c(O)cc(CNCC(F)F)c(Cl)c4C[C@H]3C[C@@H]12. The highest BCUT2D eigenvalue weighted by Gasteiger charge is 2.64. The van der Waals surface area contributed by atoms with Crippen molar-refractivity contribution in [3.8, 4) is 5.75 Å². The van der Waals surface area contributed by atoms with Gasteiger partial charge >= 0.3 is 0 Å². The number of likely N-dealkylation sites (N-methyl/N-ethyl adjacent to an activating group) is 1. The lowest BCUT2D eigenvalue weighted by Gasteiger charge is -2.50. The number of fused-ring (bicyclic) bond motifs is 3. The number of nitrogens with two attached hydrogens (primary N) is 1. The number of halogens is 3. The average Bonchev–Trinajstić information content (AvgIpc) is 2.78. The Labute approximate surface area is 215 Å². The number of carbonyl (C=O) groups is 3. The molecule has 0 heterocycles. The van der Waals surface area contributed by atoms with E-state index >= 15 is 0 Å². The first-order valence-corrected chi connectivity index (χ1v) is 11.8. The fraction of sp³-hybridized carbons (Fsp3) is 0.458. The van der Waals surface area contributed by atoms with E-state index in [-0.39, 0.29) is 41.1 Å². The van der Waals surface area contributed by atoms with Crippen LogP contribution in [-0.2, 0) is 27.3 Å². The topological polar surface area (TPSA) is 173 Å². The van der Waals surface area contributed by atoms with Crippen LogP contribution in [0.15, 0.2) is 23.0 Å². The Morgan fingerprint density at radius 3 is 2.51 bits per heavy atom. The van der Waals surface area contributed by atoms with E-state index in [2.05, 4.69) is 5.32 Å². The predicted octanol–water partition coefficient (Wildman–Crippen LogP) is 0.972. The zero-order valence-corrected chi connectivity index (χ0v) is 20.6. The summed E-state index contributed by atoms with van der Waals surface area (Å²) in [5, 5.41) is 46.7. The van der Waals surface area contributed by atoms with E-state index in [9.17, 15) is 43.6 Å². The number of phenols is 1. The Morgan fingerprint density at radius 1 is 1.30 bits per heavy atom. The van der Waals surface area contributed by atoms with Crippen molar-refractivity contribution >= 4 is 34.8 Å². The number of phenolic OH excluding ortho intramolecular Hbond substituents is 1. The highest BCUT2D eigenvalue weighted by atomic mass is 35.5. The van der Waals surface area contributed by atoms with Crippen molar-refractivity contribution < 1.29 is 43.6 Å². The van der Waals surface area contributed by atoms with Gasteiger partial charge in [0.2, 0.25) is 5.78 Å². The van der Waals surface area contributed by atoms with E-state index in [1.54, 1.807) is 0 Å². The highest BCUT2D eigenvalue weighted by molar-refractivity contribution is 6.32. The summed E-state index contributed by atoms with van der Waals surface area (Å²) in [6.45, 7) is -0.704. The Balaban J connectivity index is 1.87. The van der Waals surface area contributed by atoms with Gasteiger partial charge in [-0.25, -0.2) is 8.78 Å². The number of ketones is 2. The molecule has 3 aliphatic rings. The monoisotopic (exact) mass is 541 g/mol. The quantitative estimate of drug-likeness (QED) is 0.287. The molecule has 0 aliphatic heterocycles. The van der Waals surface area contributed by atoms with Crippen LogP contribution in [0.25, 0.3) is 5.76 Å². The van der Waals surface area contributed by atoms with Gasteiger partial charge in [0.05, 0.1) is 18.2 Å². The Bertz CT molecular complexity index is 1280. The molecule has 1 aromatic carbocycles. The van der Waals surface area contributed by atoms with Crippen molar-refractivity contribution in [2.75, 3.05) is 20.6 Å². The summed E-state index contributed by atoms with van der Waals surface area (Å²) in [5.74, 6) is -7.63. The minimum atomic E-state index is -2.73. The molecule has 4 rings (SSSR count). The third-order valence-corrected chi connectivity index (χ3v) is 7.81. The maximum atomic E-state index is 13.7. The molecular weight excluding hydrogens is 516 g/mol. The Hall–Kier alpha value is -3.06. The van der Waals surface area contributed by atoms with Crippen LogP contribution in [0.3, 0.4) is 0 Å². The number of alkyl halides is 2. The summed E-state index contributed by atoms with van der Waals surface area (Å²) in [4.78, 5) is 40.2. The van der Waals surface area contributed by atoms with Gasteiger partial charge in [-0.05, 0) is 50.0 Å². The van der Waals surface area contributed by atoms with Crippen molar-refractivity contribution in [3.05, 3.63) is 44.7 Å². The van der Waals surface area contributed by atoms with Gasteiger partial charge in [-0.15, -0.1) is 0 Å². The summed E-state index contributed by atoms with van der Waals surface area (Å²) in [5.41, 5.74) is 1.74. The Morgan fingerprint density at radius 2 is 1.95 bits per heavy atom. The largest absolute Gasteiger partial charge is 0.508 e. The molecule has 200 valence electrons. The number of aromatic hydroxyl groups is 1. The smallest absolute Gasteiger partial charge is 0.255 e. The maximum Gasteiger partial charge on any atom is 0.255 e. The van der Waals surface area contributed by atoms with Crippen LogP contribution in [0.2, 0.25) is 5.02 Å². The van der Waals surface area contributed by atoms with E-state index < -0.39 is 76.8 Å². The van der Waals surface area contributed by atoms with Crippen LogP contribution in [-0.4, -0.2) is 81.5 Å². The van der Waals surface area contributed by atoms with E-state index in [1.165, 1.54) is 25.1 Å². The van der Waals surface area contributed by atoms with E-state index in [1.807, 2.05) is 0 Å². The molecule has 1 saturated carbocycles. The lowest BCUT2D eigenvalue weighted by atomic mass is 9.57. The molecule has 7 N–H and O–H groups in total. The van der Waals surface area contributed by atoms with Gasteiger partial charge in [-0.3, -0.25) is 19.3 Å².